The molecule has 0 bridgehead atoms. The van der Waals surface area contributed by atoms with Crippen molar-refractivity contribution in [2.75, 3.05) is 0 Å². The van der Waals surface area contributed by atoms with Gasteiger partial charge in [0.2, 0.25) is 0 Å². The van der Waals surface area contributed by atoms with E-state index < -0.39 is 5.97 Å². The van der Waals surface area contributed by atoms with Crippen LogP contribution >= 0.6 is 0 Å². The van der Waals surface area contributed by atoms with E-state index in [1.54, 1.807) is 13.0 Å². The molecule has 0 aliphatic heterocycles. The Bertz CT molecular complexity index is 596. The van der Waals surface area contributed by atoms with Crippen LogP contribution in [0.2, 0.25) is 0 Å². The first-order chi connectivity index (χ1) is 7.43. The number of nitrogens with zero attached hydrogens (tertiary/aromatic N) is 1. The van der Waals surface area contributed by atoms with Crippen LogP contribution in [0.3, 0.4) is 0 Å². The Kier molecular flexibility index (Phi) is 2.15. The maximum absolute atomic E-state index is 11.2. The molecule has 0 radical (unpaired) electrons. The molecule has 1 aromatic heterocycles. The van der Waals surface area contributed by atoms with E-state index in [0.29, 0.717) is 11.1 Å². The number of carboxylic acids is 1. The molecule has 2 N–H and O–H groups in total. The van der Waals surface area contributed by atoms with Crippen LogP contribution in [0, 0.1) is 13.8 Å². The lowest BCUT2D eigenvalue weighted by molar-refractivity contribution is 0.0698. The summed E-state index contributed by atoms with van der Waals surface area (Å²) in [5, 5.41) is 19.3. The van der Waals surface area contributed by atoms with Gasteiger partial charge in [-0.3, -0.25) is 0 Å². The molecule has 2 aromatic rings. The van der Waals surface area contributed by atoms with Gasteiger partial charge in [-0.25, -0.2) is 4.79 Å². The van der Waals surface area contributed by atoms with E-state index in [9.17, 15) is 9.90 Å². The van der Waals surface area contributed by atoms with Gasteiger partial charge in [0, 0.05) is 18.1 Å². The third kappa shape index (κ3) is 1.26. The number of aromatic carboxylic acids is 1. The monoisotopic (exact) mass is 219 g/mol. The molecule has 0 fully saturated rings. The highest BCUT2D eigenvalue weighted by molar-refractivity contribution is 6.06. The summed E-state index contributed by atoms with van der Waals surface area (Å²) in [4.78, 5) is 11.2. The molecule has 0 atom stereocenters. The second kappa shape index (κ2) is 3.27. The summed E-state index contributed by atoms with van der Waals surface area (Å²) in [6.07, 6.45) is 0. The van der Waals surface area contributed by atoms with Crippen LogP contribution in [0.1, 0.15) is 21.6 Å². The van der Waals surface area contributed by atoms with Crippen molar-refractivity contribution < 1.29 is 15.0 Å². The molecule has 84 valence electrons. The molecule has 16 heavy (non-hydrogen) atoms. The zero-order chi connectivity index (χ0) is 12.0. The molecule has 0 saturated carbocycles. The smallest absolute Gasteiger partial charge is 0.338 e. The highest BCUT2D eigenvalue weighted by Gasteiger charge is 2.19. The van der Waals surface area contributed by atoms with E-state index in [0.717, 1.165) is 11.1 Å². The topological polar surface area (TPSA) is 62.5 Å². The number of benzene rings is 1. The van der Waals surface area contributed by atoms with E-state index in [2.05, 4.69) is 0 Å². The van der Waals surface area contributed by atoms with Crippen molar-refractivity contribution >= 4 is 16.9 Å². The molecule has 0 saturated heterocycles. The summed E-state index contributed by atoms with van der Waals surface area (Å²) in [6, 6.07) is 3.13. The largest absolute Gasteiger partial charge is 0.508 e. The van der Waals surface area contributed by atoms with E-state index in [1.807, 2.05) is 18.5 Å². The Hall–Kier alpha value is -1.97. The van der Waals surface area contributed by atoms with E-state index in [-0.39, 0.29) is 11.3 Å². The summed E-state index contributed by atoms with van der Waals surface area (Å²) in [7, 11) is 1.83. The third-order valence-corrected chi connectivity index (χ3v) is 2.97. The minimum atomic E-state index is -0.965. The van der Waals surface area contributed by atoms with Gasteiger partial charge in [0.25, 0.3) is 0 Å². The summed E-state index contributed by atoms with van der Waals surface area (Å²) >= 11 is 0. The van der Waals surface area contributed by atoms with Gasteiger partial charge in [-0.05, 0) is 31.5 Å². The number of aromatic nitrogens is 1. The van der Waals surface area contributed by atoms with Gasteiger partial charge in [0.1, 0.15) is 5.75 Å². The Labute approximate surface area is 92.7 Å². The van der Waals surface area contributed by atoms with Gasteiger partial charge < -0.3 is 14.8 Å². The number of aryl methyl sites for hydroxylation is 2. The summed E-state index contributed by atoms with van der Waals surface area (Å²) in [6.45, 7) is 3.62. The number of phenols is 1. The normalized spacial score (nSPS) is 10.9. The number of carbonyl (C=O) groups is 1. The summed E-state index contributed by atoms with van der Waals surface area (Å²) in [5.74, 6) is -0.869. The molecule has 0 aliphatic rings. The molecule has 4 nitrogen and oxygen atoms in total. The lowest BCUT2D eigenvalue weighted by Gasteiger charge is -2.02. The highest BCUT2D eigenvalue weighted by atomic mass is 16.4. The quantitative estimate of drug-likeness (QED) is 0.772. The van der Waals surface area contributed by atoms with Crippen molar-refractivity contribution in [3.63, 3.8) is 0 Å². The molecule has 1 aromatic carbocycles. The van der Waals surface area contributed by atoms with Gasteiger partial charge >= 0.3 is 5.97 Å². The SMILES string of the molecule is Cc1cc(O)cc2c(C(=O)O)c(C)n(C)c12. The van der Waals surface area contributed by atoms with E-state index in [4.69, 9.17) is 5.11 Å². The minimum Gasteiger partial charge on any atom is -0.508 e. The maximum Gasteiger partial charge on any atom is 0.338 e. The van der Waals surface area contributed by atoms with Crippen LogP contribution in [0.4, 0.5) is 0 Å². The first-order valence-corrected chi connectivity index (χ1v) is 4.95. The molecule has 0 unspecified atom stereocenters. The number of carboxylic acid groups (broad SMARTS) is 1. The lowest BCUT2D eigenvalue weighted by atomic mass is 10.1. The van der Waals surface area contributed by atoms with Crippen LogP contribution in [0.25, 0.3) is 10.9 Å². The van der Waals surface area contributed by atoms with E-state index >= 15 is 0 Å². The van der Waals surface area contributed by atoms with Crippen molar-refractivity contribution in [2.45, 2.75) is 13.8 Å². The second-order valence-corrected chi connectivity index (χ2v) is 3.98. The second-order valence-electron chi connectivity index (χ2n) is 3.98. The van der Waals surface area contributed by atoms with Crippen molar-refractivity contribution in [1.29, 1.82) is 0 Å². The first kappa shape index (κ1) is 10.5. The average molecular weight is 219 g/mol. The van der Waals surface area contributed by atoms with Gasteiger partial charge in [0.15, 0.2) is 0 Å². The summed E-state index contributed by atoms with van der Waals surface area (Å²) in [5.41, 5.74) is 2.67. The zero-order valence-corrected chi connectivity index (χ0v) is 9.40. The molecule has 0 aliphatic carbocycles. The number of aromatic hydroxyl groups is 1. The van der Waals surface area contributed by atoms with Crippen molar-refractivity contribution in [3.8, 4) is 5.75 Å². The Balaban J connectivity index is 3.02. The third-order valence-electron chi connectivity index (χ3n) is 2.97. The fraction of sp³-hybridized carbons (Fsp3) is 0.250. The van der Waals surface area contributed by atoms with Crippen LogP contribution in [0.5, 0.6) is 5.75 Å². The van der Waals surface area contributed by atoms with Gasteiger partial charge in [0.05, 0.1) is 11.1 Å². The Morgan fingerprint density at radius 2 is 1.94 bits per heavy atom. The number of rotatable bonds is 1. The van der Waals surface area contributed by atoms with Crippen LogP contribution in [-0.4, -0.2) is 20.7 Å². The van der Waals surface area contributed by atoms with Gasteiger partial charge in [-0.1, -0.05) is 0 Å². The molecular formula is C12H13NO3. The van der Waals surface area contributed by atoms with Gasteiger partial charge in [-0.2, -0.15) is 0 Å². The predicted octanol–water partition coefficient (Wildman–Crippen LogP) is 2.20. The average Bonchev–Trinajstić information content (AvgIpc) is 2.38. The zero-order valence-electron chi connectivity index (χ0n) is 9.40. The molecule has 2 rings (SSSR count). The molecule has 0 spiro atoms. The number of phenolic OH excluding ortho intramolecular Hbond substituents is 1. The molecule has 4 heteroatoms. The number of hydrogen-bond acceptors (Lipinski definition) is 2. The van der Waals surface area contributed by atoms with Crippen LogP contribution < -0.4 is 0 Å². The van der Waals surface area contributed by atoms with Crippen molar-refractivity contribution in [3.05, 3.63) is 29.0 Å². The molecule has 1 heterocycles. The number of fused-ring (bicyclic) bond motifs is 1. The standard InChI is InChI=1S/C12H13NO3/c1-6-4-8(14)5-9-10(12(15)16)7(2)13(3)11(6)9/h4-5,14H,1-3H3,(H,15,16). The van der Waals surface area contributed by atoms with Gasteiger partial charge in [-0.15, -0.1) is 0 Å². The first-order valence-electron chi connectivity index (χ1n) is 4.95. The lowest BCUT2D eigenvalue weighted by Crippen LogP contribution is -1.99. The van der Waals surface area contributed by atoms with E-state index in [1.165, 1.54) is 6.07 Å². The summed E-state index contributed by atoms with van der Waals surface area (Å²) < 4.78 is 1.84. The van der Waals surface area contributed by atoms with Crippen molar-refractivity contribution in [2.24, 2.45) is 7.05 Å². The maximum atomic E-state index is 11.2. The van der Waals surface area contributed by atoms with Crippen LogP contribution in [0.15, 0.2) is 12.1 Å². The predicted molar refractivity (Wildman–Crippen MR) is 61.0 cm³/mol. The number of hydrogen-bond donors (Lipinski definition) is 2. The fourth-order valence-electron chi connectivity index (χ4n) is 2.20. The van der Waals surface area contributed by atoms with Crippen LogP contribution in [-0.2, 0) is 7.05 Å². The van der Waals surface area contributed by atoms with Crippen molar-refractivity contribution in [1.82, 2.24) is 4.57 Å². The molecule has 0 amide bonds. The Morgan fingerprint density at radius 1 is 1.31 bits per heavy atom. The minimum absolute atomic E-state index is 0.0955. The molecular weight excluding hydrogens is 206 g/mol. The highest BCUT2D eigenvalue weighted by Crippen LogP contribution is 2.30. The fourth-order valence-corrected chi connectivity index (χ4v) is 2.20. The Morgan fingerprint density at radius 3 is 2.50 bits per heavy atom.